The van der Waals surface area contributed by atoms with E-state index in [0.717, 1.165) is 12.8 Å². The van der Waals surface area contributed by atoms with Gasteiger partial charge in [0.2, 0.25) is 0 Å². The minimum atomic E-state index is -4.71. The molecule has 0 aromatic rings. The number of aliphatic carboxylic acids is 1. The number of ether oxygens (including phenoxy) is 1. The van der Waals surface area contributed by atoms with Crippen molar-refractivity contribution in [2.45, 2.75) is 32.4 Å². The second kappa shape index (κ2) is 6.56. The van der Waals surface area contributed by atoms with E-state index in [1.165, 1.54) is 4.90 Å². The molecule has 0 saturated carbocycles. The van der Waals surface area contributed by atoms with E-state index in [0.29, 0.717) is 19.8 Å². The molecule has 112 valence electrons. The van der Waals surface area contributed by atoms with Crippen LogP contribution in [0.4, 0.5) is 13.2 Å². The van der Waals surface area contributed by atoms with Crippen LogP contribution in [0, 0.1) is 5.41 Å². The first-order valence-electron chi connectivity index (χ1n) is 6.43. The highest BCUT2D eigenvalue weighted by atomic mass is 19.4. The molecule has 1 N–H and O–H groups in total. The zero-order valence-electron chi connectivity index (χ0n) is 11.0. The van der Waals surface area contributed by atoms with Crippen LogP contribution in [0.25, 0.3) is 0 Å². The highest BCUT2D eigenvalue weighted by molar-refractivity contribution is 5.76. The molecular weight excluding hydrogens is 263 g/mol. The summed E-state index contributed by atoms with van der Waals surface area (Å²) in [4.78, 5) is 12.5. The molecular formula is C12H20F3NO3. The largest absolute Gasteiger partial charge is 0.481 e. The lowest BCUT2D eigenvalue weighted by molar-refractivity contribution is -0.227. The number of carboxylic acid groups (broad SMARTS) is 1. The van der Waals surface area contributed by atoms with E-state index < -0.39 is 24.1 Å². The summed E-state index contributed by atoms with van der Waals surface area (Å²) in [5, 5.41) is 8.88. The molecule has 1 aliphatic heterocycles. The maximum absolute atomic E-state index is 12.9. The Morgan fingerprint density at radius 2 is 2.11 bits per heavy atom. The smallest absolute Gasteiger partial charge is 0.406 e. The Hall–Kier alpha value is -0.820. The first-order valence-corrected chi connectivity index (χ1v) is 6.43. The molecule has 1 unspecified atom stereocenters. The van der Waals surface area contributed by atoms with Gasteiger partial charge in [-0.2, -0.15) is 13.2 Å². The van der Waals surface area contributed by atoms with Crippen molar-refractivity contribution in [3.63, 3.8) is 0 Å². The molecule has 1 fully saturated rings. The van der Waals surface area contributed by atoms with Gasteiger partial charge in [-0.05, 0) is 19.4 Å². The lowest BCUT2D eigenvalue weighted by atomic mass is 9.86. The van der Waals surface area contributed by atoms with Crippen molar-refractivity contribution in [2.24, 2.45) is 5.41 Å². The Morgan fingerprint density at radius 3 is 2.58 bits per heavy atom. The topological polar surface area (TPSA) is 49.8 Å². The summed E-state index contributed by atoms with van der Waals surface area (Å²) in [5.41, 5.74) is -2.61. The predicted octanol–water partition coefficient (Wildman–Crippen LogP) is 2.14. The van der Waals surface area contributed by atoms with Crippen LogP contribution in [0.2, 0.25) is 0 Å². The van der Waals surface area contributed by atoms with Crippen LogP contribution < -0.4 is 0 Å². The molecule has 1 rings (SSSR count). The van der Waals surface area contributed by atoms with E-state index in [1.807, 2.05) is 6.92 Å². The summed E-state index contributed by atoms with van der Waals surface area (Å²) in [5.74, 6) is -1.78. The lowest BCUT2D eigenvalue weighted by Gasteiger charge is -2.27. The quantitative estimate of drug-likeness (QED) is 0.727. The van der Waals surface area contributed by atoms with Gasteiger partial charge in [-0.1, -0.05) is 13.3 Å². The van der Waals surface area contributed by atoms with Crippen molar-refractivity contribution >= 4 is 5.97 Å². The fourth-order valence-corrected chi connectivity index (χ4v) is 2.15. The average molecular weight is 283 g/mol. The molecule has 0 aliphatic carbocycles. The number of hydrogen-bond donors (Lipinski definition) is 1. The molecule has 0 spiro atoms. The number of nitrogens with zero attached hydrogens (tertiary/aromatic N) is 1. The van der Waals surface area contributed by atoms with Gasteiger partial charge in [0, 0.05) is 19.7 Å². The molecule has 0 amide bonds. The Bertz CT molecular complexity index is 309. The standard InChI is InChI=1S/C12H20F3NO3/c1-2-3-7-19-8-6-16-5-4-11(9-16,10(17)18)12(13,14)15/h2-9H2,1H3,(H,17,18). The summed E-state index contributed by atoms with van der Waals surface area (Å²) in [6, 6.07) is 0. The number of rotatable bonds is 7. The van der Waals surface area contributed by atoms with Gasteiger partial charge >= 0.3 is 12.1 Å². The lowest BCUT2D eigenvalue weighted by Crippen LogP contribution is -2.47. The monoisotopic (exact) mass is 283 g/mol. The first-order chi connectivity index (χ1) is 8.83. The number of unbranched alkanes of at least 4 members (excludes halogenated alkanes) is 1. The fourth-order valence-electron chi connectivity index (χ4n) is 2.15. The minimum Gasteiger partial charge on any atom is -0.481 e. The molecule has 7 heteroatoms. The Labute approximate surface area is 110 Å². The van der Waals surface area contributed by atoms with Gasteiger partial charge in [-0.3, -0.25) is 9.69 Å². The average Bonchev–Trinajstić information content (AvgIpc) is 2.74. The van der Waals surface area contributed by atoms with Crippen molar-refractivity contribution in [1.29, 1.82) is 0 Å². The summed E-state index contributed by atoms with van der Waals surface area (Å²) in [6.07, 6.45) is -3.18. The van der Waals surface area contributed by atoms with Crippen molar-refractivity contribution < 1.29 is 27.8 Å². The molecule has 0 aromatic heterocycles. The molecule has 0 aromatic carbocycles. The third-order valence-electron chi connectivity index (χ3n) is 3.49. The number of alkyl halides is 3. The van der Waals surface area contributed by atoms with Gasteiger partial charge in [-0.15, -0.1) is 0 Å². The second-order valence-corrected chi connectivity index (χ2v) is 4.88. The van der Waals surface area contributed by atoms with E-state index in [1.54, 1.807) is 0 Å². The normalized spacial score (nSPS) is 24.8. The summed E-state index contributed by atoms with van der Waals surface area (Å²) in [7, 11) is 0. The van der Waals surface area contributed by atoms with Crippen molar-refractivity contribution in [1.82, 2.24) is 4.90 Å². The fraction of sp³-hybridized carbons (Fsp3) is 0.917. The number of carbonyl (C=O) groups is 1. The summed E-state index contributed by atoms with van der Waals surface area (Å²) >= 11 is 0. The molecule has 0 radical (unpaired) electrons. The van der Waals surface area contributed by atoms with E-state index in [-0.39, 0.29) is 13.0 Å². The van der Waals surface area contributed by atoms with Gasteiger partial charge in [0.05, 0.1) is 6.61 Å². The van der Waals surface area contributed by atoms with E-state index >= 15 is 0 Å². The SMILES string of the molecule is CCCCOCCN1CCC(C(=O)O)(C(F)(F)F)C1. The zero-order valence-corrected chi connectivity index (χ0v) is 11.0. The third-order valence-corrected chi connectivity index (χ3v) is 3.49. The van der Waals surface area contributed by atoms with Crippen LogP contribution in [0.15, 0.2) is 0 Å². The van der Waals surface area contributed by atoms with Crippen molar-refractivity contribution in [2.75, 3.05) is 32.8 Å². The maximum Gasteiger partial charge on any atom is 0.406 e. The highest BCUT2D eigenvalue weighted by Gasteiger charge is 2.63. The van der Waals surface area contributed by atoms with E-state index in [2.05, 4.69) is 0 Å². The highest BCUT2D eigenvalue weighted by Crippen LogP contribution is 2.45. The number of likely N-dealkylation sites (tertiary alicyclic amines) is 1. The Kier molecular flexibility index (Phi) is 5.61. The van der Waals surface area contributed by atoms with Gasteiger partial charge < -0.3 is 9.84 Å². The van der Waals surface area contributed by atoms with Crippen LogP contribution >= 0.6 is 0 Å². The van der Waals surface area contributed by atoms with E-state index in [4.69, 9.17) is 9.84 Å². The van der Waals surface area contributed by atoms with Crippen LogP contribution in [-0.4, -0.2) is 55.0 Å². The Morgan fingerprint density at radius 1 is 1.42 bits per heavy atom. The van der Waals surface area contributed by atoms with Crippen molar-refractivity contribution in [3.05, 3.63) is 0 Å². The molecule has 1 atom stereocenters. The first kappa shape index (κ1) is 16.2. The van der Waals surface area contributed by atoms with Crippen LogP contribution in [-0.2, 0) is 9.53 Å². The summed E-state index contributed by atoms with van der Waals surface area (Å²) in [6.45, 7) is 2.95. The third kappa shape index (κ3) is 3.82. The number of hydrogen-bond acceptors (Lipinski definition) is 3. The van der Waals surface area contributed by atoms with Gasteiger partial charge in [-0.25, -0.2) is 0 Å². The molecule has 1 heterocycles. The number of halogens is 3. The van der Waals surface area contributed by atoms with Gasteiger partial charge in [0.15, 0.2) is 5.41 Å². The van der Waals surface area contributed by atoms with Crippen LogP contribution in [0.5, 0.6) is 0 Å². The van der Waals surface area contributed by atoms with Gasteiger partial charge in [0.1, 0.15) is 0 Å². The van der Waals surface area contributed by atoms with Gasteiger partial charge in [0.25, 0.3) is 0 Å². The molecule has 19 heavy (non-hydrogen) atoms. The van der Waals surface area contributed by atoms with E-state index in [9.17, 15) is 18.0 Å². The maximum atomic E-state index is 12.9. The second-order valence-electron chi connectivity index (χ2n) is 4.88. The van der Waals surface area contributed by atoms with Crippen LogP contribution in [0.1, 0.15) is 26.2 Å². The Balaban J connectivity index is 2.45. The summed E-state index contributed by atoms with van der Waals surface area (Å²) < 4.78 is 43.9. The predicted molar refractivity (Wildman–Crippen MR) is 62.9 cm³/mol. The number of carboxylic acids is 1. The zero-order chi connectivity index (χ0) is 14.5. The molecule has 1 aliphatic rings. The van der Waals surface area contributed by atoms with Crippen LogP contribution in [0.3, 0.4) is 0 Å². The molecule has 1 saturated heterocycles. The minimum absolute atomic E-state index is 0.142. The molecule has 4 nitrogen and oxygen atoms in total. The molecule has 0 bridgehead atoms. The van der Waals surface area contributed by atoms with Crippen molar-refractivity contribution in [3.8, 4) is 0 Å².